The van der Waals surface area contributed by atoms with Crippen LogP contribution in [0.25, 0.3) is 0 Å². The zero-order valence-electron chi connectivity index (χ0n) is 12.2. The van der Waals surface area contributed by atoms with Gasteiger partial charge in [-0.25, -0.2) is 4.99 Å². The molecule has 2 atom stereocenters. The van der Waals surface area contributed by atoms with Crippen LogP contribution in [-0.2, 0) is 11.3 Å². The van der Waals surface area contributed by atoms with Gasteiger partial charge in [0.25, 0.3) is 5.91 Å². The largest absolute Gasteiger partial charge is 0.388 e. The molecule has 0 saturated carbocycles. The molecule has 0 radical (unpaired) electrons. The molecule has 1 aromatic rings. The van der Waals surface area contributed by atoms with E-state index in [-0.39, 0.29) is 11.8 Å². The summed E-state index contributed by atoms with van der Waals surface area (Å²) in [5.41, 5.74) is 2.98. The third kappa shape index (κ3) is 2.43. The predicted octanol–water partition coefficient (Wildman–Crippen LogP) is 2.27. The Morgan fingerprint density at radius 1 is 1.29 bits per heavy atom. The molecule has 0 bridgehead atoms. The Kier molecular flexibility index (Phi) is 3.47. The Hall–Kier alpha value is -2.20. The number of carbonyl (C=O) groups excluding carboxylic acids is 1. The van der Waals surface area contributed by atoms with E-state index in [1.165, 1.54) is 0 Å². The lowest BCUT2D eigenvalue weighted by atomic mass is 9.96. The first-order valence-corrected chi connectivity index (χ1v) is 7.09. The van der Waals surface area contributed by atoms with Crippen molar-refractivity contribution in [3.05, 3.63) is 59.4 Å². The molecule has 3 rings (SSSR count). The van der Waals surface area contributed by atoms with E-state index < -0.39 is 6.10 Å². The molecule has 0 spiro atoms. The SMILES string of the molecule is CC1=NC(=O)C2=C1N(Cc1ccccc1)C=C[C@H](C)[C@H]2O. The average Bonchev–Trinajstić information content (AvgIpc) is 2.70. The fraction of sp³-hybridized carbons (Fsp3) is 0.294. The molecule has 4 nitrogen and oxygen atoms in total. The first kappa shape index (κ1) is 13.8. The average molecular weight is 282 g/mol. The summed E-state index contributed by atoms with van der Waals surface area (Å²) in [4.78, 5) is 18.1. The smallest absolute Gasteiger partial charge is 0.278 e. The van der Waals surface area contributed by atoms with Crippen LogP contribution in [0.5, 0.6) is 0 Å². The number of hydrogen-bond donors (Lipinski definition) is 1. The number of amides is 1. The summed E-state index contributed by atoms with van der Waals surface area (Å²) in [5.74, 6) is -0.426. The van der Waals surface area contributed by atoms with Crippen molar-refractivity contribution in [1.29, 1.82) is 0 Å². The second-order valence-corrected chi connectivity index (χ2v) is 5.52. The van der Waals surface area contributed by atoms with Gasteiger partial charge in [-0.2, -0.15) is 0 Å². The second kappa shape index (κ2) is 5.30. The highest BCUT2D eigenvalue weighted by Gasteiger charge is 2.35. The first-order chi connectivity index (χ1) is 10.1. The standard InChI is InChI=1S/C17H18N2O2/c1-11-8-9-19(10-13-6-4-3-5-7-13)15-12(2)18-17(21)14(15)16(11)20/h3-9,11,16,20H,10H2,1-2H3/t11-,16+/m0/s1. The van der Waals surface area contributed by atoms with Crippen molar-refractivity contribution in [3.8, 4) is 0 Å². The summed E-state index contributed by atoms with van der Waals surface area (Å²) in [6, 6.07) is 10.0. The van der Waals surface area contributed by atoms with Crippen molar-refractivity contribution >= 4 is 11.6 Å². The van der Waals surface area contributed by atoms with Crippen LogP contribution >= 0.6 is 0 Å². The summed E-state index contributed by atoms with van der Waals surface area (Å²) < 4.78 is 0. The Labute approximate surface area is 124 Å². The number of hydrogen-bond acceptors (Lipinski definition) is 3. The highest BCUT2D eigenvalue weighted by molar-refractivity contribution is 6.18. The molecular formula is C17H18N2O2. The Balaban J connectivity index is 2.02. The Morgan fingerprint density at radius 3 is 2.71 bits per heavy atom. The zero-order chi connectivity index (χ0) is 15.0. The Bertz CT molecular complexity index is 659. The summed E-state index contributed by atoms with van der Waals surface area (Å²) in [6.07, 6.45) is 3.08. The van der Waals surface area contributed by atoms with Gasteiger partial charge in [-0.15, -0.1) is 0 Å². The van der Waals surface area contributed by atoms with Gasteiger partial charge in [0.05, 0.1) is 23.1 Å². The molecule has 108 valence electrons. The highest BCUT2D eigenvalue weighted by atomic mass is 16.3. The van der Waals surface area contributed by atoms with E-state index in [1.807, 2.05) is 61.4 Å². The van der Waals surface area contributed by atoms with Crippen LogP contribution < -0.4 is 0 Å². The minimum Gasteiger partial charge on any atom is -0.388 e. The van der Waals surface area contributed by atoms with E-state index in [1.54, 1.807) is 0 Å². The fourth-order valence-electron chi connectivity index (χ4n) is 2.79. The van der Waals surface area contributed by atoms with Crippen molar-refractivity contribution in [2.45, 2.75) is 26.5 Å². The normalized spacial score (nSPS) is 25.0. The molecule has 1 aromatic carbocycles. The lowest BCUT2D eigenvalue weighted by Gasteiger charge is -2.22. The minimum absolute atomic E-state index is 0.110. The fourth-order valence-corrected chi connectivity index (χ4v) is 2.79. The highest BCUT2D eigenvalue weighted by Crippen LogP contribution is 2.31. The summed E-state index contributed by atoms with van der Waals surface area (Å²) in [6.45, 7) is 4.36. The van der Waals surface area contributed by atoms with Crippen LogP contribution in [0.4, 0.5) is 0 Å². The van der Waals surface area contributed by atoms with Crippen molar-refractivity contribution in [1.82, 2.24) is 4.90 Å². The van der Waals surface area contributed by atoms with Crippen molar-refractivity contribution in [2.75, 3.05) is 0 Å². The molecule has 0 saturated heterocycles. The molecule has 21 heavy (non-hydrogen) atoms. The first-order valence-electron chi connectivity index (χ1n) is 7.09. The monoisotopic (exact) mass is 282 g/mol. The van der Waals surface area contributed by atoms with Crippen LogP contribution in [0.15, 0.2) is 58.9 Å². The minimum atomic E-state index is -0.800. The quantitative estimate of drug-likeness (QED) is 0.905. The molecule has 1 N–H and O–H groups in total. The van der Waals surface area contributed by atoms with Gasteiger partial charge in [-0.05, 0) is 12.5 Å². The van der Waals surface area contributed by atoms with Crippen LogP contribution in [0.2, 0.25) is 0 Å². The van der Waals surface area contributed by atoms with Gasteiger partial charge < -0.3 is 10.0 Å². The lowest BCUT2D eigenvalue weighted by Crippen LogP contribution is -2.25. The molecule has 4 heteroatoms. The molecule has 2 aliphatic rings. The number of aliphatic hydroxyl groups excluding tert-OH is 1. The molecule has 2 heterocycles. The summed E-state index contributed by atoms with van der Waals surface area (Å²) in [7, 11) is 0. The van der Waals surface area contributed by atoms with Gasteiger partial charge in [0.15, 0.2) is 0 Å². The number of benzene rings is 1. The van der Waals surface area contributed by atoms with Crippen LogP contribution in [0.1, 0.15) is 19.4 Å². The van der Waals surface area contributed by atoms with Gasteiger partial charge >= 0.3 is 0 Å². The van der Waals surface area contributed by atoms with Crippen LogP contribution in [0.3, 0.4) is 0 Å². The van der Waals surface area contributed by atoms with Gasteiger partial charge in [0.2, 0.25) is 0 Å². The number of rotatable bonds is 2. The summed E-state index contributed by atoms with van der Waals surface area (Å²) in [5, 5.41) is 10.4. The van der Waals surface area contributed by atoms with E-state index in [9.17, 15) is 9.90 Å². The number of allylic oxidation sites excluding steroid dienone is 1. The van der Waals surface area contributed by atoms with E-state index >= 15 is 0 Å². The molecular weight excluding hydrogens is 264 g/mol. The van der Waals surface area contributed by atoms with E-state index in [4.69, 9.17) is 0 Å². The Morgan fingerprint density at radius 2 is 2.00 bits per heavy atom. The number of nitrogens with zero attached hydrogens (tertiary/aromatic N) is 2. The van der Waals surface area contributed by atoms with E-state index in [0.717, 1.165) is 11.3 Å². The molecule has 0 aromatic heterocycles. The van der Waals surface area contributed by atoms with Gasteiger partial charge in [-0.3, -0.25) is 4.79 Å². The number of aliphatic imine (C=N–C) groups is 1. The number of aliphatic hydroxyl groups is 1. The second-order valence-electron chi connectivity index (χ2n) is 5.52. The van der Waals surface area contributed by atoms with Crippen molar-refractivity contribution < 1.29 is 9.90 Å². The third-order valence-corrected chi connectivity index (χ3v) is 3.94. The topological polar surface area (TPSA) is 52.9 Å². The molecule has 0 unspecified atom stereocenters. The van der Waals surface area contributed by atoms with Gasteiger partial charge in [0.1, 0.15) is 0 Å². The number of carbonyl (C=O) groups is 1. The molecule has 1 amide bonds. The maximum Gasteiger partial charge on any atom is 0.278 e. The van der Waals surface area contributed by atoms with E-state index in [0.29, 0.717) is 17.8 Å². The third-order valence-electron chi connectivity index (χ3n) is 3.94. The van der Waals surface area contributed by atoms with Gasteiger partial charge in [-0.1, -0.05) is 43.3 Å². The van der Waals surface area contributed by atoms with Crippen molar-refractivity contribution in [3.63, 3.8) is 0 Å². The van der Waals surface area contributed by atoms with Crippen LogP contribution in [-0.4, -0.2) is 27.7 Å². The molecule has 0 aliphatic carbocycles. The van der Waals surface area contributed by atoms with Crippen LogP contribution in [0, 0.1) is 5.92 Å². The maximum atomic E-state index is 12.1. The van der Waals surface area contributed by atoms with Crippen molar-refractivity contribution in [2.24, 2.45) is 10.9 Å². The predicted molar refractivity (Wildman–Crippen MR) is 81.4 cm³/mol. The zero-order valence-corrected chi connectivity index (χ0v) is 12.2. The summed E-state index contributed by atoms with van der Waals surface area (Å²) >= 11 is 0. The molecule has 0 fully saturated rings. The van der Waals surface area contributed by atoms with E-state index in [2.05, 4.69) is 4.99 Å². The maximum absolute atomic E-state index is 12.1. The van der Waals surface area contributed by atoms with Gasteiger partial charge in [0, 0.05) is 18.7 Å². The lowest BCUT2D eigenvalue weighted by molar-refractivity contribution is -0.115. The molecule has 2 aliphatic heterocycles.